The Kier molecular flexibility index (Phi) is 1.97. The lowest BCUT2D eigenvalue weighted by Crippen LogP contribution is -2.09. The van der Waals surface area contributed by atoms with Crippen molar-refractivity contribution in [3.8, 4) is 0 Å². The molecule has 3 nitrogen and oxygen atoms in total. The van der Waals surface area contributed by atoms with Gasteiger partial charge in [0.15, 0.2) is 0 Å². The monoisotopic (exact) mass is 170 g/mol. The van der Waals surface area contributed by atoms with E-state index in [0.717, 1.165) is 11.1 Å². The smallest absolute Gasteiger partial charge is 0.132 e. The van der Waals surface area contributed by atoms with Crippen LogP contribution in [0, 0.1) is 0 Å². The van der Waals surface area contributed by atoms with Gasteiger partial charge in [-0.15, -0.1) is 0 Å². The summed E-state index contributed by atoms with van der Waals surface area (Å²) >= 11 is 0. The van der Waals surface area contributed by atoms with Crippen LogP contribution in [0.3, 0.4) is 0 Å². The predicted octanol–water partition coefficient (Wildman–Crippen LogP) is 1.32. The van der Waals surface area contributed by atoms with Crippen LogP contribution >= 0.6 is 0 Å². The van der Waals surface area contributed by atoms with Crippen LogP contribution in [0.5, 0.6) is 0 Å². The molecule has 1 heterocycles. The summed E-state index contributed by atoms with van der Waals surface area (Å²) < 4.78 is 14.7. The van der Waals surface area contributed by atoms with Crippen LogP contribution < -0.4 is 5.14 Å². The second-order valence-corrected chi connectivity index (χ2v) is 4.10. The van der Waals surface area contributed by atoms with Crippen molar-refractivity contribution in [2.75, 3.05) is 0 Å². The molecule has 0 aromatic rings. The number of nitrogens with two attached hydrogens (primary N) is 1. The standard InChI is InChI=1S/C7H10N2OS/c1-6(2)7-3-4-11(8,10)9-5-7/h3-5H,1H2,2H3,(H2,8,9,10). The summed E-state index contributed by atoms with van der Waals surface area (Å²) in [6, 6.07) is 0. The molecule has 0 aromatic heterocycles. The second-order valence-electron chi connectivity index (χ2n) is 2.39. The first-order valence-corrected chi connectivity index (χ1v) is 4.73. The molecule has 0 spiro atoms. The normalized spacial score (nSPS) is 29.1. The van der Waals surface area contributed by atoms with Crippen LogP contribution in [-0.2, 0) is 9.92 Å². The molecule has 1 aliphatic rings. The van der Waals surface area contributed by atoms with Crippen molar-refractivity contribution in [3.63, 3.8) is 0 Å². The van der Waals surface area contributed by atoms with E-state index < -0.39 is 9.92 Å². The Morgan fingerprint density at radius 1 is 1.82 bits per heavy atom. The van der Waals surface area contributed by atoms with E-state index >= 15 is 0 Å². The molecular weight excluding hydrogens is 160 g/mol. The van der Waals surface area contributed by atoms with Crippen LogP contribution in [-0.4, -0.2) is 4.21 Å². The van der Waals surface area contributed by atoms with E-state index in [-0.39, 0.29) is 0 Å². The molecule has 60 valence electrons. The molecule has 0 fully saturated rings. The molecule has 0 radical (unpaired) electrons. The molecule has 1 unspecified atom stereocenters. The summed E-state index contributed by atoms with van der Waals surface area (Å²) in [5.41, 5.74) is 1.76. The SMILES string of the molecule is C=C(C)C1=CN=S(N)(=O)C=C1. The third kappa shape index (κ3) is 2.03. The Morgan fingerprint density at radius 3 is 2.82 bits per heavy atom. The van der Waals surface area contributed by atoms with Crippen LogP contribution in [0.2, 0.25) is 0 Å². The minimum Gasteiger partial charge on any atom is -0.241 e. The molecule has 0 aliphatic carbocycles. The Morgan fingerprint density at radius 2 is 2.45 bits per heavy atom. The zero-order valence-corrected chi connectivity index (χ0v) is 7.10. The third-order valence-electron chi connectivity index (χ3n) is 1.29. The van der Waals surface area contributed by atoms with E-state index in [1.165, 1.54) is 11.6 Å². The Labute approximate surface area is 66.6 Å². The largest absolute Gasteiger partial charge is 0.241 e. The van der Waals surface area contributed by atoms with Crippen molar-refractivity contribution >= 4 is 9.92 Å². The molecule has 1 atom stereocenters. The first kappa shape index (κ1) is 8.23. The van der Waals surface area contributed by atoms with Crippen LogP contribution in [0.4, 0.5) is 0 Å². The average Bonchev–Trinajstić information content (AvgIpc) is 1.86. The zero-order valence-electron chi connectivity index (χ0n) is 6.28. The van der Waals surface area contributed by atoms with Gasteiger partial charge in [-0.05, 0) is 24.1 Å². The van der Waals surface area contributed by atoms with Crippen molar-refractivity contribution < 1.29 is 4.21 Å². The maximum absolute atomic E-state index is 11.0. The molecule has 1 aliphatic heterocycles. The van der Waals surface area contributed by atoms with Crippen LogP contribution in [0.25, 0.3) is 0 Å². The van der Waals surface area contributed by atoms with Gasteiger partial charge in [-0.1, -0.05) is 6.58 Å². The van der Waals surface area contributed by atoms with Crippen molar-refractivity contribution in [1.82, 2.24) is 0 Å². The highest BCUT2D eigenvalue weighted by molar-refractivity contribution is 7.94. The van der Waals surface area contributed by atoms with E-state index in [4.69, 9.17) is 5.14 Å². The van der Waals surface area contributed by atoms with Crippen molar-refractivity contribution in [1.29, 1.82) is 0 Å². The summed E-state index contributed by atoms with van der Waals surface area (Å²) in [6.45, 7) is 5.57. The summed E-state index contributed by atoms with van der Waals surface area (Å²) in [6.07, 6.45) is 3.17. The van der Waals surface area contributed by atoms with Gasteiger partial charge >= 0.3 is 0 Å². The van der Waals surface area contributed by atoms with E-state index in [1.54, 1.807) is 6.08 Å². The Balaban J connectivity index is 3.10. The number of nitrogens with zero attached hydrogens (tertiary/aromatic N) is 1. The minimum atomic E-state index is -2.57. The maximum Gasteiger partial charge on any atom is 0.132 e. The lowest BCUT2D eigenvalue weighted by atomic mass is 10.1. The van der Waals surface area contributed by atoms with Gasteiger partial charge in [-0.25, -0.2) is 9.35 Å². The van der Waals surface area contributed by atoms with Crippen molar-refractivity contribution in [3.05, 3.63) is 35.4 Å². The topological polar surface area (TPSA) is 55.4 Å². The first-order chi connectivity index (χ1) is 5.01. The summed E-state index contributed by atoms with van der Waals surface area (Å²) in [7, 11) is -2.57. The summed E-state index contributed by atoms with van der Waals surface area (Å²) in [5.74, 6) is 0. The molecule has 4 heteroatoms. The fraction of sp³-hybridized carbons (Fsp3) is 0.143. The lowest BCUT2D eigenvalue weighted by Gasteiger charge is -2.04. The maximum atomic E-state index is 11.0. The third-order valence-corrected chi connectivity index (χ3v) is 2.25. The molecule has 0 amide bonds. The highest BCUT2D eigenvalue weighted by Gasteiger charge is 2.01. The molecule has 11 heavy (non-hydrogen) atoms. The summed E-state index contributed by atoms with van der Waals surface area (Å²) in [4.78, 5) is 0. The highest BCUT2D eigenvalue weighted by atomic mass is 32.2. The zero-order chi connectivity index (χ0) is 8.48. The van der Waals surface area contributed by atoms with Gasteiger partial charge in [-0.2, -0.15) is 4.36 Å². The molecule has 0 bridgehead atoms. The number of allylic oxidation sites excluding steroid dienone is 3. The Bertz CT molecular complexity index is 357. The summed E-state index contributed by atoms with van der Waals surface area (Å²) in [5, 5.41) is 6.64. The van der Waals surface area contributed by atoms with Crippen molar-refractivity contribution in [2.24, 2.45) is 9.50 Å². The number of hydrogen-bond acceptors (Lipinski definition) is 2. The van der Waals surface area contributed by atoms with Gasteiger partial charge in [0.2, 0.25) is 0 Å². The minimum absolute atomic E-state index is 0.870. The first-order valence-electron chi connectivity index (χ1n) is 3.09. The van der Waals surface area contributed by atoms with E-state index in [0.29, 0.717) is 0 Å². The molecule has 1 rings (SSSR count). The quantitative estimate of drug-likeness (QED) is 0.634. The number of hydrogen-bond donors (Lipinski definition) is 1. The fourth-order valence-corrected chi connectivity index (χ4v) is 1.33. The molecular formula is C7H10N2OS. The fourth-order valence-electron chi connectivity index (χ4n) is 0.641. The average molecular weight is 170 g/mol. The van der Waals surface area contributed by atoms with Gasteiger partial charge in [-0.3, -0.25) is 0 Å². The second kappa shape index (κ2) is 2.64. The molecule has 0 saturated heterocycles. The highest BCUT2D eigenvalue weighted by Crippen LogP contribution is 2.13. The Hall–Kier alpha value is -0.870. The van der Waals surface area contributed by atoms with Gasteiger partial charge in [0.05, 0.1) is 0 Å². The van der Waals surface area contributed by atoms with Gasteiger partial charge in [0.1, 0.15) is 9.92 Å². The van der Waals surface area contributed by atoms with Crippen LogP contribution in [0.1, 0.15) is 6.92 Å². The van der Waals surface area contributed by atoms with E-state index in [1.807, 2.05) is 6.92 Å². The molecule has 2 N–H and O–H groups in total. The van der Waals surface area contributed by atoms with E-state index in [2.05, 4.69) is 10.9 Å². The van der Waals surface area contributed by atoms with Gasteiger partial charge < -0.3 is 0 Å². The van der Waals surface area contributed by atoms with Crippen LogP contribution in [0.15, 0.2) is 39.8 Å². The lowest BCUT2D eigenvalue weighted by molar-refractivity contribution is 0.683. The van der Waals surface area contributed by atoms with Gasteiger partial charge in [0.25, 0.3) is 0 Å². The van der Waals surface area contributed by atoms with Gasteiger partial charge in [0, 0.05) is 11.6 Å². The molecule has 0 saturated carbocycles. The van der Waals surface area contributed by atoms with Crippen molar-refractivity contribution in [2.45, 2.75) is 6.92 Å². The van der Waals surface area contributed by atoms with E-state index in [9.17, 15) is 4.21 Å². The predicted molar refractivity (Wildman–Crippen MR) is 46.8 cm³/mol. The number of rotatable bonds is 1. The molecule has 0 aromatic carbocycles.